The van der Waals surface area contributed by atoms with Gasteiger partial charge in [0.05, 0.1) is 5.69 Å². The SMILES string of the molecule is CCC(CC)CNC(=O)c1sc2nccc(C)c2c1N. The fraction of sp³-hybridized carbons (Fsp3) is 0.467. The van der Waals surface area contributed by atoms with E-state index in [9.17, 15) is 4.79 Å². The van der Waals surface area contributed by atoms with Gasteiger partial charge in [-0.05, 0) is 24.5 Å². The number of nitrogen functional groups attached to an aromatic ring is 1. The van der Waals surface area contributed by atoms with Crippen molar-refractivity contribution in [1.82, 2.24) is 10.3 Å². The Hall–Kier alpha value is -1.62. The molecule has 5 heteroatoms. The van der Waals surface area contributed by atoms with Gasteiger partial charge in [0.2, 0.25) is 0 Å². The second-order valence-corrected chi connectivity index (χ2v) is 6.04. The van der Waals surface area contributed by atoms with Gasteiger partial charge in [-0.25, -0.2) is 4.98 Å². The Morgan fingerprint density at radius 2 is 2.15 bits per heavy atom. The van der Waals surface area contributed by atoms with Crippen molar-refractivity contribution >= 4 is 33.1 Å². The molecule has 2 rings (SSSR count). The first-order valence-electron chi connectivity index (χ1n) is 7.00. The number of nitrogens with one attached hydrogen (secondary N) is 1. The zero-order valence-corrected chi connectivity index (χ0v) is 13.0. The van der Waals surface area contributed by atoms with Gasteiger partial charge in [-0.1, -0.05) is 26.7 Å². The van der Waals surface area contributed by atoms with Gasteiger partial charge in [-0.15, -0.1) is 11.3 Å². The van der Waals surface area contributed by atoms with E-state index in [1.807, 2.05) is 13.0 Å². The average molecular weight is 291 g/mol. The number of amides is 1. The maximum absolute atomic E-state index is 12.3. The first kappa shape index (κ1) is 14.8. The highest BCUT2D eigenvalue weighted by Crippen LogP contribution is 2.34. The molecule has 0 aromatic carbocycles. The predicted molar refractivity (Wildman–Crippen MR) is 85.2 cm³/mol. The molecule has 1 amide bonds. The molecule has 4 nitrogen and oxygen atoms in total. The summed E-state index contributed by atoms with van der Waals surface area (Å²) >= 11 is 1.36. The third-order valence-electron chi connectivity index (χ3n) is 3.75. The van der Waals surface area contributed by atoms with Gasteiger partial charge in [0.25, 0.3) is 5.91 Å². The molecule has 0 aliphatic carbocycles. The number of nitrogens with two attached hydrogens (primary N) is 1. The van der Waals surface area contributed by atoms with Crippen molar-refractivity contribution in [2.45, 2.75) is 33.6 Å². The lowest BCUT2D eigenvalue weighted by atomic mass is 10.0. The third-order valence-corrected chi connectivity index (χ3v) is 4.86. The number of pyridine rings is 1. The van der Waals surface area contributed by atoms with Crippen LogP contribution in [-0.4, -0.2) is 17.4 Å². The largest absolute Gasteiger partial charge is 0.397 e. The molecule has 2 aromatic rings. The number of carbonyl (C=O) groups is 1. The van der Waals surface area contributed by atoms with Crippen molar-refractivity contribution in [3.8, 4) is 0 Å². The van der Waals surface area contributed by atoms with Crippen molar-refractivity contribution in [3.63, 3.8) is 0 Å². The highest BCUT2D eigenvalue weighted by Gasteiger charge is 2.18. The summed E-state index contributed by atoms with van der Waals surface area (Å²) < 4.78 is 0. The molecule has 0 saturated heterocycles. The minimum Gasteiger partial charge on any atom is -0.397 e. The molecular formula is C15H21N3OS. The van der Waals surface area contributed by atoms with Crippen LogP contribution in [0.4, 0.5) is 5.69 Å². The number of aromatic nitrogens is 1. The number of carbonyl (C=O) groups excluding carboxylic acids is 1. The van der Waals surface area contributed by atoms with Crippen LogP contribution in [0.25, 0.3) is 10.2 Å². The van der Waals surface area contributed by atoms with Crippen LogP contribution in [0, 0.1) is 12.8 Å². The summed E-state index contributed by atoms with van der Waals surface area (Å²) in [5, 5.41) is 3.89. The Kier molecular flexibility index (Phi) is 4.60. The van der Waals surface area contributed by atoms with E-state index in [2.05, 4.69) is 24.1 Å². The summed E-state index contributed by atoms with van der Waals surface area (Å²) in [7, 11) is 0. The van der Waals surface area contributed by atoms with Crippen LogP contribution in [0.1, 0.15) is 41.9 Å². The van der Waals surface area contributed by atoms with E-state index in [1.165, 1.54) is 11.3 Å². The molecule has 108 valence electrons. The Morgan fingerprint density at radius 1 is 1.45 bits per heavy atom. The van der Waals surface area contributed by atoms with Crippen LogP contribution in [0.5, 0.6) is 0 Å². The lowest BCUT2D eigenvalue weighted by molar-refractivity contribution is 0.0951. The highest BCUT2D eigenvalue weighted by atomic mass is 32.1. The topological polar surface area (TPSA) is 68.0 Å². The standard InChI is InChI=1S/C15H21N3OS/c1-4-10(5-2)8-18-14(19)13-12(16)11-9(3)6-7-17-15(11)20-13/h6-7,10H,4-5,8,16H2,1-3H3,(H,18,19). The normalized spacial score (nSPS) is 11.2. The van der Waals surface area contributed by atoms with E-state index < -0.39 is 0 Å². The van der Waals surface area contributed by atoms with E-state index >= 15 is 0 Å². The van der Waals surface area contributed by atoms with Crippen LogP contribution in [0.3, 0.4) is 0 Å². The maximum atomic E-state index is 12.3. The molecule has 0 radical (unpaired) electrons. The van der Waals surface area contributed by atoms with Gasteiger partial charge in [0, 0.05) is 18.1 Å². The monoisotopic (exact) mass is 291 g/mol. The molecule has 2 aromatic heterocycles. The molecule has 0 aliphatic rings. The predicted octanol–water partition coefficient (Wildman–Crippen LogP) is 3.35. The van der Waals surface area contributed by atoms with Crippen molar-refractivity contribution < 1.29 is 4.79 Å². The number of fused-ring (bicyclic) bond motifs is 1. The maximum Gasteiger partial charge on any atom is 0.263 e. The van der Waals surface area contributed by atoms with Crippen LogP contribution in [0.15, 0.2) is 12.3 Å². The molecule has 0 unspecified atom stereocenters. The molecule has 2 heterocycles. The minimum absolute atomic E-state index is 0.0863. The lowest BCUT2D eigenvalue weighted by Gasteiger charge is -2.12. The summed E-state index contributed by atoms with van der Waals surface area (Å²) in [6.45, 7) is 6.97. The first-order chi connectivity index (χ1) is 9.58. The van der Waals surface area contributed by atoms with Gasteiger partial charge in [0.1, 0.15) is 9.71 Å². The summed E-state index contributed by atoms with van der Waals surface area (Å²) in [5.41, 5.74) is 7.73. The molecule has 0 aliphatic heterocycles. The fourth-order valence-corrected chi connectivity index (χ4v) is 3.32. The van der Waals surface area contributed by atoms with Gasteiger partial charge in [-0.3, -0.25) is 4.79 Å². The summed E-state index contributed by atoms with van der Waals surface area (Å²) in [6, 6.07) is 1.91. The fourth-order valence-electron chi connectivity index (χ4n) is 2.27. The van der Waals surface area contributed by atoms with E-state index in [1.54, 1.807) is 6.20 Å². The van der Waals surface area contributed by atoms with Crippen LogP contribution < -0.4 is 11.1 Å². The lowest BCUT2D eigenvalue weighted by Crippen LogP contribution is -2.28. The van der Waals surface area contributed by atoms with Crippen LogP contribution >= 0.6 is 11.3 Å². The number of nitrogens with zero attached hydrogens (tertiary/aromatic N) is 1. The smallest absolute Gasteiger partial charge is 0.263 e. The molecule has 0 bridgehead atoms. The quantitative estimate of drug-likeness (QED) is 0.887. The Bertz CT molecular complexity index is 617. The van der Waals surface area contributed by atoms with Crippen LogP contribution in [0.2, 0.25) is 0 Å². The number of rotatable bonds is 5. The van der Waals surface area contributed by atoms with Gasteiger partial charge in [0.15, 0.2) is 0 Å². The summed E-state index contributed by atoms with van der Waals surface area (Å²) in [4.78, 5) is 18.0. The minimum atomic E-state index is -0.0863. The zero-order valence-electron chi connectivity index (χ0n) is 12.2. The van der Waals surface area contributed by atoms with Crippen molar-refractivity contribution in [2.24, 2.45) is 5.92 Å². The van der Waals surface area contributed by atoms with Crippen LogP contribution in [-0.2, 0) is 0 Å². The molecule has 20 heavy (non-hydrogen) atoms. The number of aryl methyl sites for hydroxylation is 1. The number of thiophene rings is 1. The Balaban J connectivity index is 2.23. The molecule has 0 saturated carbocycles. The second-order valence-electron chi connectivity index (χ2n) is 5.05. The van der Waals surface area contributed by atoms with Crippen molar-refractivity contribution in [2.75, 3.05) is 12.3 Å². The van der Waals surface area contributed by atoms with Gasteiger partial charge in [-0.2, -0.15) is 0 Å². The van der Waals surface area contributed by atoms with Gasteiger partial charge >= 0.3 is 0 Å². The number of anilines is 1. The van der Waals surface area contributed by atoms with Crippen molar-refractivity contribution in [3.05, 3.63) is 22.7 Å². The molecule has 3 N–H and O–H groups in total. The molecule has 0 atom stereocenters. The zero-order chi connectivity index (χ0) is 14.7. The second kappa shape index (κ2) is 6.22. The average Bonchev–Trinajstić information content (AvgIpc) is 2.78. The highest BCUT2D eigenvalue weighted by molar-refractivity contribution is 7.21. The molecule has 0 spiro atoms. The number of hydrogen-bond acceptors (Lipinski definition) is 4. The Morgan fingerprint density at radius 3 is 2.75 bits per heavy atom. The molecular weight excluding hydrogens is 270 g/mol. The Labute approximate surface area is 123 Å². The first-order valence-corrected chi connectivity index (χ1v) is 7.81. The van der Waals surface area contributed by atoms with E-state index in [4.69, 9.17) is 5.73 Å². The summed E-state index contributed by atoms with van der Waals surface area (Å²) in [5.74, 6) is 0.436. The molecule has 0 fully saturated rings. The van der Waals surface area contributed by atoms with Crippen molar-refractivity contribution in [1.29, 1.82) is 0 Å². The van der Waals surface area contributed by atoms with E-state index in [0.29, 0.717) is 23.0 Å². The third kappa shape index (κ3) is 2.77. The number of hydrogen-bond donors (Lipinski definition) is 2. The van der Waals surface area contributed by atoms with E-state index in [-0.39, 0.29) is 5.91 Å². The van der Waals surface area contributed by atoms with E-state index in [0.717, 1.165) is 28.6 Å². The summed E-state index contributed by atoms with van der Waals surface area (Å²) in [6.07, 6.45) is 3.89. The van der Waals surface area contributed by atoms with Gasteiger partial charge < -0.3 is 11.1 Å².